The van der Waals surface area contributed by atoms with Crippen LogP contribution in [0.3, 0.4) is 0 Å². The normalized spacial score (nSPS) is 9.88. The molecule has 511 valence electrons. The number of nitrogens with zero attached hydrogens (tertiary/aromatic N) is 5. The van der Waals surface area contributed by atoms with Crippen molar-refractivity contribution in [2.24, 2.45) is 0 Å². The van der Waals surface area contributed by atoms with Crippen LogP contribution in [0.4, 0.5) is 0 Å². The van der Waals surface area contributed by atoms with Crippen molar-refractivity contribution in [1.29, 1.82) is 0 Å². The average molecular weight is 2200 g/mol. The molecule has 5 nitrogen and oxygen atoms in total. The van der Waals surface area contributed by atoms with Gasteiger partial charge in [0.2, 0.25) is 0 Å². The Hall–Kier alpha value is -8.80. The summed E-state index contributed by atoms with van der Waals surface area (Å²) in [5.41, 5.74) is 29.6. The van der Waals surface area contributed by atoms with E-state index in [2.05, 4.69) is 273 Å². The summed E-state index contributed by atoms with van der Waals surface area (Å²) in [4.78, 5) is 22.0. The molecule has 5 aromatic heterocycles. The first-order chi connectivity index (χ1) is 47.1. The van der Waals surface area contributed by atoms with Gasteiger partial charge in [-0.1, -0.05) is 245 Å². The minimum absolute atomic E-state index is 0. The predicted molar refractivity (Wildman–Crippen MR) is 398 cm³/mol. The van der Waals surface area contributed by atoms with Crippen molar-refractivity contribution in [2.45, 2.75) is 41.5 Å². The van der Waals surface area contributed by atoms with Crippen LogP contribution in [0.5, 0.6) is 0 Å². The fraction of sp³-hybridized carbons (Fsp3) is 0.0659. The quantitative estimate of drug-likeness (QED) is 0.128. The van der Waals surface area contributed by atoms with Gasteiger partial charge in [-0.05, 0) is 110 Å². The molecule has 0 fully saturated rings. The average Bonchev–Trinajstić information content (AvgIpc) is 0.856. The molecule has 10 heteroatoms. The third-order valence-corrected chi connectivity index (χ3v) is 16.0. The van der Waals surface area contributed by atoms with Gasteiger partial charge in [-0.3, -0.25) is 0 Å². The maximum atomic E-state index is 4.45. The van der Waals surface area contributed by atoms with E-state index in [9.17, 15) is 0 Å². The summed E-state index contributed by atoms with van der Waals surface area (Å²) in [5.74, 6) is 0. The van der Waals surface area contributed by atoms with E-state index < -0.39 is 0 Å². The number of pyridine rings is 5. The Kier molecular flexibility index (Phi) is 33.6. The van der Waals surface area contributed by atoms with Crippen molar-refractivity contribution in [2.75, 3.05) is 0 Å². The zero-order chi connectivity index (χ0) is 66.3. The van der Waals surface area contributed by atoms with E-state index in [0.717, 1.165) is 56.3 Å². The Balaban J connectivity index is 0.000000196. The van der Waals surface area contributed by atoms with E-state index in [4.69, 9.17) is 0 Å². The molecule has 0 aliphatic rings. The van der Waals surface area contributed by atoms with Gasteiger partial charge in [-0.2, -0.15) is 0 Å². The summed E-state index contributed by atoms with van der Waals surface area (Å²) >= 11 is 0. The first kappa shape index (κ1) is 81.2. The van der Waals surface area contributed by atoms with E-state index >= 15 is 0 Å². The number of hydrogen-bond donors (Lipinski definition) is 0. The van der Waals surface area contributed by atoms with Gasteiger partial charge in [-0.15, -0.1) is 160 Å². The van der Waals surface area contributed by atoms with Crippen molar-refractivity contribution < 1.29 is 101 Å². The van der Waals surface area contributed by atoms with Gasteiger partial charge in [-0.25, -0.2) is 0 Å². The molecule has 0 atom stereocenters. The molecular weight excluding hydrogens is 2120 g/mol. The predicted octanol–water partition coefficient (Wildman–Crippen LogP) is 22.9. The molecule has 0 aliphatic carbocycles. The molecule has 10 aromatic carbocycles. The monoisotopic (exact) mass is 2200 g/mol. The molecule has 0 amide bonds. The van der Waals surface area contributed by atoms with Crippen LogP contribution in [-0.2, 0) is 101 Å². The standard InChI is InChI=1S/C19H16N.4C18H14N.5Ir/c1-14-11-15(2)13-18(12-14)16-6-8-17(9-7-16)19-5-3-4-10-20-19;1-14-7-6-12-19-18(14)17-11-5-10-16(13-17)15-8-3-2-4-9-15;1-14-16(15-8-3-2-4-9-15)10-7-11-17(14)18-12-5-6-13-19-18;1-14-10-11-19-18(12-14)17-9-5-8-16(13-17)15-6-3-2-4-7-15;1-14-11-12-19-18(13-14)17-9-7-16(8-10-17)15-5-3-2-4-6-15;;;;;/h3-8,10-13H,1-2H3;2*2-10,12-13H,1H3;2-8,10-13H,1H3;2-9,11-13H,1H3;;;;;/q5*-1;;;;;. The molecule has 0 N–H and O–H groups in total. The first-order valence-electron chi connectivity index (χ1n) is 32.1. The molecular formula is C91H72Ir5N5-5. The Bertz CT molecular complexity index is 4840. The van der Waals surface area contributed by atoms with Crippen molar-refractivity contribution in [3.8, 4) is 112 Å². The third-order valence-electron chi connectivity index (χ3n) is 16.0. The molecule has 0 aliphatic heterocycles. The van der Waals surface area contributed by atoms with Gasteiger partial charge >= 0.3 is 0 Å². The zero-order valence-corrected chi connectivity index (χ0v) is 68.6. The summed E-state index contributed by atoms with van der Waals surface area (Å²) in [7, 11) is 0. The second kappa shape index (κ2) is 41.8. The van der Waals surface area contributed by atoms with Crippen LogP contribution in [0.2, 0.25) is 0 Å². The van der Waals surface area contributed by atoms with Gasteiger partial charge in [0.05, 0.1) is 0 Å². The fourth-order valence-electron chi connectivity index (χ4n) is 11.1. The molecule has 101 heavy (non-hydrogen) atoms. The largest absolute Gasteiger partial charge is 0.305 e. The number of aromatic nitrogens is 5. The molecule has 0 unspecified atom stereocenters. The van der Waals surface area contributed by atoms with Gasteiger partial charge < -0.3 is 24.9 Å². The number of hydrogen-bond acceptors (Lipinski definition) is 5. The molecule has 0 saturated carbocycles. The van der Waals surface area contributed by atoms with Crippen LogP contribution < -0.4 is 0 Å². The van der Waals surface area contributed by atoms with Gasteiger partial charge in [0, 0.05) is 132 Å². The Morgan fingerprint density at radius 2 is 0.663 bits per heavy atom. The van der Waals surface area contributed by atoms with Crippen molar-refractivity contribution in [3.05, 3.63) is 392 Å². The topological polar surface area (TPSA) is 64.5 Å². The smallest absolute Gasteiger partial charge is 0.0163 e. The molecule has 0 spiro atoms. The fourth-order valence-corrected chi connectivity index (χ4v) is 11.1. The van der Waals surface area contributed by atoms with Crippen molar-refractivity contribution in [3.63, 3.8) is 0 Å². The number of rotatable bonds is 10. The number of benzene rings is 10. The maximum Gasteiger partial charge on any atom is 0.0163 e. The molecule has 5 heterocycles. The SMILES string of the molecule is Cc1c(-c2ccccn2)[c-]ccc1-c1ccccc1.Cc1cc(C)cc(-c2c[c-]c(-c3ccccn3)cc2)c1.Cc1cccnc1-c1[c-]ccc(-c2ccccc2)c1.Cc1ccnc(-c2[c-]cc(-c3ccccc3)cc2)c1.Cc1ccnc(-c2[c-]ccc(-c3ccccc3)c2)c1.[Ir].[Ir].[Ir].[Ir].[Ir]. The zero-order valence-electron chi connectivity index (χ0n) is 56.6. The van der Waals surface area contributed by atoms with Crippen molar-refractivity contribution in [1.82, 2.24) is 24.9 Å². The Morgan fingerprint density at radius 1 is 0.238 bits per heavy atom. The third kappa shape index (κ3) is 23.4. The minimum Gasteiger partial charge on any atom is -0.305 e. The van der Waals surface area contributed by atoms with Crippen LogP contribution in [-0.4, -0.2) is 24.9 Å². The Morgan fingerprint density at radius 3 is 1.15 bits per heavy atom. The van der Waals surface area contributed by atoms with E-state index in [1.54, 1.807) is 6.20 Å². The first-order valence-corrected chi connectivity index (χ1v) is 32.1. The summed E-state index contributed by atoms with van der Waals surface area (Å²) in [6.45, 7) is 12.6. The molecule has 0 bridgehead atoms. The minimum atomic E-state index is 0. The van der Waals surface area contributed by atoms with Gasteiger partial charge in [0.1, 0.15) is 0 Å². The second-order valence-electron chi connectivity index (χ2n) is 23.2. The van der Waals surface area contributed by atoms with Gasteiger partial charge in [0.15, 0.2) is 0 Å². The van der Waals surface area contributed by atoms with Gasteiger partial charge in [0.25, 0.3) is 0 Å². The van der Waals surface area contributed by atoms with E-state index in [1.165, 1.54) is 89.0 Å². The summed E-state index contributed by atoms with van der Waals surface area (Å²) in [5, 5.41) is 0. The maximum absolute atomic E-state index is 4.45. The van der Waals surface area contributed by atoms with Crippen molar-refractivity contribution >= 4 is 0 Å². The summed E-state index contributed by atoms with van der Waals surface area (Å²) in [6, 6.07) is 118. The Labute approximate surface area is 664 Å². The summed E-state index contributed by atoms with van der Waals surface area (Å²) in [6.07, 6.45) is 9.13. The summed E-state index contributed by atoms with van der Waals surface area (Å²) < 4.78 is 0. The molecule has 15 rings (SSSR count). The van der Waals surface area contributed by atoms with Crippen LogP contribution in [0.25, 0.3) is 112 Å². The van der Waals surface area contributed by atoms with E-state index in [0.29, 0.717) is 0 Å². The van der Waals surface area contributed by atoms with Crippen LogP contribution >= 0.6 is 0 Å². The van der Waals surface area contributed by atoms with Crippen LogP contribution in [0.1, 0.15) is 33.4 Å². The van der Waals surface area contributed by atoms with Crippen LogP contribution in [0.15, 0.2) is 328 Å². The molecule has 0 saturated heterocycles. The molecule has 15 aromatic rings. The van der Waals surface area contributed by atoms with E-state index in [1.807, 2.05) is 146 Å². The van der Waals surface area contributed by atoms with E-state index in [-0.39, 0.29) is 101 Å². The number of aryl methyl sites for hydroxylation is 5. The second-order valence-corrected chi connectivity index (χ2v) is 23.2. The van der Waals surface area contributed by atoms with Crippen LogP contribution in [0, 0.1) is 71.9 Å². The molecule has 5 radical (unpaired) electrons.